The number of benzene rings is 1. The molecular formula is C12H19N3O2S. The van der Waals surface area contributed by atoms with E-state index in [0.29, 0.717) is 12.2 Å². The molecule has 0 aliphatic rings. The van der Waals surface area contributed by atoms with Gasteiger partial charge >= 0.3 is 0 Å². The molecule has 6 heteroatoms. The highest BCUT2D eigenvalue weighted by Crippen LogP contribution is 2.12. The Bertz CT molecular complexity index is 368. The van der Waals surface area contributed by atoms with Crippen LogP contribution in [0.2, 0.25) is 0 Å². The Balaban J connectivity index is 2.29. The fourth-order valence-electron chi connectivity index (χ4n) is 1.27. The van der Waals surface area contributed by atoms with Crippen LogP contribution in [-0.2, 0) is 0 Å². The molecule has 0 aliphatic carbocycles. The third-order valence-corrected chi connectivity index (χ3v) is 3.34. The van der Waals surface area contributed by atoms with Crippen molar-refractivity contribution in [1.82, 2.24) is 5.43 Å². The SMILES string of the molecule is CC(N)CSCCOc1ccc(C(=O)NN)cc1. The molecule has 1 aromatic carbocycles. The van der Waals surface area contributed by atoms with Gasteiger partial charge in [0.2, 0.25) is 0 Å². The summed E-state index contributed by atoms with van der Waals surface area (Å²) in [5.74, 6) is 7.29. The number of carbonyl (C=O) groups is 1. The highest BCUT2D eigenvalue weighted by atomic mass is 32.2. The summed E-state index contributed by atoms with van der Waals surface area (Å²) in [7, 11) is 0. The molecule has 18 heavy (non-hydrogen) atoms. The predicted molar refractivity (Wildman–Crippen MR) is 74.6 cm³/mol. The number of nitrogen functional groups attached to an aromatic ring is 1. The first-order valence-electron chi connectivity index (χ1n) is 5.70. The number of amides is 1. The molecule has 5 nitrogen and oxygen atoms in total. The van der Waals surface area contributed by atoms with Crippen LogP contribution in [0.5, 0.6) is 5.75 Å². The molecule has 1 unspecified atom stereocenters. The third kappa shape index (κ3) is 5.39. The molecule has 0 spiro atoms. The molecule has 1 rings (SSSR count). The minimum absolute atomic E-state index is 0.212. The summed E-state index contributed by atoms with van der Waals surface area (Å²) < 4.78 is 5.53. The van der Waals surface area contributed by atoms with Crippen molar-refractivity contribution in [3.05, 3.63) is 29.8 Å². The lowest BCUT2D eigenvalue weighted by Crippen LogP contribution is -2.29. The van der Waals surface area contributed by atoms with Gasteiger partial charge in [-0.05, 0) is 31.2 Å². The fourth-order valence-corrected chi connectivity index (χ4v) is 2.01. The highest BCUT2D eigenvalue weighted by Gasteiger charge is 2.03. The van der Waals surface area contributed by atoms with E-state index in [1.807, 2.05) is 6.92 Å². The van der Waals surface area contributed by atoms with Gasteiger partial charge in [-0.2, -0.15) is 11.8 Å². The first-order chi connectivity index (χ1) is 8.63. The average Bonchev–Trinajstić information content (AvgIpc) is 2.38. The van der Waals surface area contributed by atoms with Crippen LogP contribution in [0.1, 0.15) is 17.3 Å². The molecule has 0 aliphatic heterocycles. The lowest BCUT2D eigenvalue weighted by molar-refractivity contribution is 0.0953. The van der Waals surface area contributed by atoms with Crippen molar-refractivity contribution in [2.45, 2.75) is 13.0 Å². The standard InChI is InChI=1S/C12H19N3O2S/c1-9(13)8-18-7-6-17-11-4-2-10(3-5-11)12(16)15-14/h2-5,9H,6-8,13-14H2,1H3,(H,15,16). The number of nitrogens with one attached hydrogen (secondary N) is 1. The van der Waals surface area contributed by atoms with Gasteiger partial charge < -0.3 is 10.5 Å². The van der Waals surface area contributed by atoms with Crippen molar-refractivity contribution < 1.29 is 9.53 Å². The summed E-state index contributed by atoms with van der Waals surface area (Å²) in [5, 5.41) is 0. The van der Waals surface area contributed by atoms with Gasteiger partial charge in [-0.25, -0.2) is 5.84 Å². The molecule has 1 atom stereocenters. The second-order valence-corrected chi connectivity index (χ2v) is 5.05. The van der Waals surface area contributed by atoms with E-state index < -0.39 is 0 Å². The highest BCUT2D eigenvalue weighted by molar-refractivity contribution is 7.99. The Kier molecular flexibility index (Phi) is 6.56. The van der Waals surface area contributed by atoms with Crippen LogP contribution in [0.25, 0.3) is 0 Å². The van der Waals surface area contributed by atoms with Crippen molar-refractivity contribution in [3.63, 3.8) is 0 Å². The quantitative estimate of drug-likeness (QED) is 0.294. The van der Waals surface area contributed by atoms with Crippen LogP contribution >= 0.6 is 11.8 Å². The van der Waals surface area contributed by atoms with Gasteiger partial charge in [0.05, 0.1) is 6.61 Å². The Morgan fingerprint density at radius 3 is 2.67 bits per heavy atom. The minimum Gasteiger partial charge on any atom is -0.493 e. The largest absolute Gasteiger partial charge is 0.493 e. The monoisotopic (exact) mass is 269 g/mol. The van der Waals surface area contributed by atoms with E-state index in [1.54, 1.807) is 36.0 Å². The fraction of sp³-hybridized carbons (Fsp3) is 0.417. The lowest BCUT2D eigenvalue weighted by Gasteiger charge is -2.08. The third-order valence-electron chi connectivity index (χ3n) is 2.12. The number of hydrazine groups is 1. The summed E-state index contributed by atoms with van der Waals surface area (Å²) in [4.78, 5) is 11.2. The van der Waals surface area contributed by atoms with E-state index in [0.717, 1.165) is 17.3 Å². The van der Waals surface area contributed by atoms with Gasteiger partial charge in [-0.1, -0.05) is 0 Å². The zero-order valence-electron chi connectivity index (χ0n) is 10.4. The Hall–Kier alpha value is -1.24. The van der Waals surface area contributed by atoms with Crippen molar-refractivity contribution in [2.24, 2.45) is 11.6 Å². The maximum Gasteiger partial charge on any atom is 0.265 e. The second-order valence-electron chi connectivity index (χ2n) is 3.90. The second kappa shape index (κ2) is 7.97. The van der Waals surface area contributed by atoms with Crippen molar-refractivity contribution >= 4 is 17.7 Å². The van der Waals surface area contributed by atoms with Crippen molar-refractivity contribution in [2.75, 3.05) is 18.1 Å². The number of rotatable bonds is 7. The van der Waals surface area contributed by atoms with Gasteiger partial charge in [0, 0.05) is 23.1 Å². The molecule has 0 radical (unpaired) electrons. The first kappa shape index (κ1) is 14.8. The maximum atomic E-state index is 11.2. The number of thioether (sulfide) groups is 1. The maximum absolute atomic E-state index is 11.2. The molecule has 5 N–H and O–H groups in total. The molecule has 0 saturated carbocycles. The van der Waals surface area contributed by atoms with Crippen molar-refractivity contribution in [3.8, 4) is 5.75 Å². The Morgan fingerprint density at radius 1 is 1.44 bits per heavy atom. The number of ether oxygens (including phenoxy) is 1. The molecule has 0 heterocycles. The zero-order chi connectivity index (χ0) is 13.4. The topological polar surface area (TPSA) is 90.4 Å². The average molecular weight is 269 g/mol. The van der Waals surface area contributed by atoms with E-state index >= 15 is 0 Å². The molecule has 0 saturated heterocycles. The summed E-state index contributed by atoms with van der Waals surface area (Å²) in [6, 6.07) is 7.06. The van der Waals surface area contributed by atoms with E-state index in [4.69, 9.17) is 16.3 Å². The smallest absolute Gasteiger partial charge is 0.265 e. The Labute approximate surface area is 111 Å². The molecule has 0 aromatic heterocycles. The zero-order valence-corrected chi connectivity index (χ0v) is 11.2. The predicted octanol–water partition coefficient (Wildman–Crippen LogP) is 0.749. The number of carbonyl (C=O) groups excluding carboxylic acids is 1. The van der Waals surface area contributed by atoms with Crippen LogP contribution in [0, 0.1) is 0 Å². The van der Waals surface area contributed by atoms with Crippen molar-refractivity contribution in [1.29, 1.82) is 0 Å². The summed E-state index contributed by atoms with van der Waals surface area (Å²) in [5.41, 5.74) is 8.22. The summed E-state index contributed by atoms with van der Waals surface area (Å²) in [6.07, 6.45) is 0. The van der Waals surface area contributed by atoms with E-state index in [9.17, 15) is 4.79 Å². The Morgan fingerprint density at radius 2 is 2.11 bits per heavy atom. The lowest BCUT2D eigenvalue weighted by atomic mass is 10.2. The van der Waals surface area contributed by atoms with Gasteiger partial charge in [0.25, 0.3) is 5.91 Å². The molecule has 0 bridgehead atoms. The van der Waals surface area contributed by atoms with Crippen LogP contribution < -0.4 is 21.7 Å². The molecule has 1 aromatic rings. The first-order valence-corrected chi connectivity index (χ1v) is 6.86. The number of hydrogen-bond acceptors (Lipinski definition) is 5. The molecule has 1 amide bonds. The summed E-state index contributed by atoms with van der Waals surface area (Å²) >= 11 is 1.76. The molecule has 0 fully saturated rings. The van der Waals surface area contributed by atoms with E-state index in [2.05, 4.69) is 5.43 Å². The number of hydrogen-bond donors (Lipinski definition) is 3. The van der Waals surface area contributed by atoms with E-state index in [1.165, 1.54) is 0 Å². The van der Waals surface area contributed by atoms with Gasteiger partial charge in [-0.15, -0.1) is 0 Å². The summed E-state index contributed by atoms with van der Waals surface area (Å²) in [6.45, 7) is 2.61. The molecular weight excluding hydrogens is 250 g/mol. The van der Waals surface area contributed by atoms with Gasteiger partial charge in [-0.3, -0.25) is 10.2 Å². The van der Waals surface area contributed by atoms with Gasteiger partial charge in [0.15, 0.2) is 0 Å². The van der Waals surface area contributed by atoms with Gasteiger partial charge in [0.1, 0.15) is 5.75 Å². The van der Waals surface area contributed by atoms with E-state index in [-0.39, 0.29) is 11.9 Å². The van der Waals surface area contributed by atoms with Crippen LogP contribution in [0.15, 0.2) is 24.3 Å². The minimum atomic E-state index is -0.311. The normalized spacial score (nSPS) is 11.9. The van der Waals surface area contributed by atoms with Crippen LogP contribution in [0.4, 0.5) is 0 Å². The number of nitrogens with two attached hydrogens (primary N) is 2. The molecule has 100 valence electrons. The van der Waals surface area contributed by atoms with Crippen LogP contribution in [0.3, 0.4) is 0 Å². The van der Waals surface area contributed by atoms with Crippen LogP contribution in [-0.4, -0.2) is 30.1 Å².